The molecule has 0 radical (unpaired) electrons. The molecule has 2 atom stereocenters. The molecule has 31 heavy (non-hydrogen) atoms. The summed E-state index contributed by atoms with van der Waals surface area (Å²) < 4.78 is 15.6. The molecule has 0 saturated carbocycles. The standard InChI is InChI=1S/C21H19FN8O/c22-14-10-15(25-11-14)20-28-17(18-19(23)24-8-9-30(18)20)12-3-5-13(6-4-12)21(31)27-16-2-1-7-26-29-16/h1-9,14-15,25H,10-11H2,(H2,23,24)(H,27,29,31)/t14-,15+/m1/s1. The molecule has 0 bridgehead atoms. The SMILES string of the molecule is Nc1nccn2c([C@@H]3C[C@@H](F)CN3)nc(-c3ccc(C(=O)Nc4cccnn4)cc3)c12. The lowest BCUT2D eigenvalue weighted by Gasteiger charge is -2.08. The summed E-state index contributed by atoms with van der Waals surface area (Å²) in [5.74, 6) is 1.09. The molecule has 3 aromatic heterocycles. The minimum atomic E-state index is -0.910. The van der Waals surface area contributed by atoms with Gasteiger partial charge in [-0.05, 0) is 24.3 Å². The van der Waals surface area contributed by atoms with Crippen LogP contribution in [0, 0.1) is 0 Å². The molecular formula is C21H19FN8O. The Hall–Kier alpha value is -3.92. The van der Waals surface area contributed by atoms with Gasteiger partial charge < -0.3 is 16.4 Å². The van der Waals surface area contributed by atoms with E-state index < -0.39 is 6.17 Å². The van der Waals surface area contributed by atoms with E-state index in [1.165, 1.54) is 6.20 Å². The molecule has 0 spiro atoms. The topological polar surface area (TPSA) is 123 Å². The van der Waals surface area contributed by atoms with Crippen LogP contribution in [0.4, 0.5) is 16.0 Å². The quantitative estimate of drug-likeness (QED) is 0.465. The third kappa shape index (κ3) is 3.57. The zero-order valence-electron chi connectivity index (χ0n) is 16.4. The molecule has 1 amide bonds. The summed E-state index contributed by atoms with van der Waals surface area (Å²) in [6.07, 6.45) is 4.34. The number of alkyl halides is 1. The number of amides is 1. The largest absolute Gasteiger partial charge is 0.382 e. The monoisotopic (exact) mass is 418 g/mol. The van der Waals surface area contributed by atoms with E-state index in [0.29, 0.717) is 47.2 Å². The Labute approximate surface area is 176 Å². The van der Waals surface area contributed by atoms with Crippen LogP contribution in [0.15, 0.2) is 55.0 Å². The van der Waals surface area contributed by atoms with Gasteiger partial charge in [0.2, 0.25) is 0 Å². The molecule has 4 heterocycles. The fraction of sp³-hybridized carbons (Fsp3) is 0.190. The number of halogens is 1. The lowest BCUT2D eigenvalue weighted by atomic mass is 10.1. The number of carbonyl (C=O) groups is 1. The van der Waals surface area contributed by atoms with E-state index in [9.17, 15) is 9.18 Å². The second-order valence-electron chi connectivity index (χ2n) is 7.28. The molecule has 1 saturated heterocycles. The summed E-state index contributed by atoms with van der Waals surface area (Å²) in [7, 11) is 0. The van der Waals surface area contributed by atoms with E-state index in [1.807, 2.05) is 4.40 Å². The van der Waals surface area contributed by atoms with Crippen LogP contribution < -0.4 is 16.4 Å². The van der Waals surface area contributed by atoms with E-state index in [2.05, 4.69) is 25.8 Å². The van der Waals surface area contributed by atoms with Gasteiger partial charge in [-0.1, -0.05) is 12.1 Å². The second kappa shape index (κ2) is 7.73. The maximum absolute atomic E-state index is 13.8. The number of fused-ring (bicyclic) bond motifs is 1. The normalized spacial score (nSPS) is 18.4. The molecule has 1 fully saturated rings. The predicted molar refractivity (Wildman–Crippen MR) is 113 cm³/mol. The number of benzene rings is 1. The fourth-order valence-corrected chi connectivity index (χ4v) is 3.76. The van der Waals surface area contributed by atoms with Crippen molar-refractivity contribution in [2.45, 2.75) is 18.6 Å². The van der Waals surface area contributed by atoms with Crippen molar-refractivity contribution in [3.8, 4) is 11.3 Å². The van der Waals surface area contributed by atoms with Crippen molar-refractivity contribution in [2.75, 3.05) is 17.6 Å². The summed E-state index contributed by atoms with van der Waals surface area (Å²) >= 11 is 0. The lowest BCUT2D eigenvalue weighted by Crippen LogP contribution is -2.16. The van der Waals surface area contributed by atoms with Gasteiger partial charge in [-0.3, -0.25) is 9.20 Å². The van der Waals surface area contributed by atoms with E-state index in [0.717, 1.165) is 5.56 Å². The van der Waals surface area contributed by atoms with Crippen LogP contribution in [-0.4, -0.2) is 43.2 Å². The maximum Gasteiger partial charge on any atom is 0.256 e. The number of imidazole rings is 1. The highest BCUT2D eigenvalue weighted by Gasteiger charge is 2.29. The Morgan fingerprint density at radius 3 is 2.77 bits per heavy atom. The number of aromatic nitrogens is 5. The van der Waals surface area contributed by atoms with Crippen molar-refractivity contribution in [2.24, 2.45) is 0 Å². The van der Waals surface area contributed by atoms with Crippen LogP contribution in [0.5, 0.6) is 0 Å². The van der Waals surface area contributed by atoms with Crippen LogP contribution in [0.1, 0.15) is 28.6 Å². The first-order valence-corrected chi connectivity index (χ1v) is 9.79. The van der Waals surface area contributed by atoms with Gasteiger partial charge in [-0.25, -0.2) is 14.4 Å². The number of nitrogens with two attached hydrogens (primary N) is 1. The molecule has 0 aliphatic carbocycles. The van der Waals surface area contributed by atoms with Crippen LogP contribution in [0.25, 0.3) is 16.8 Å². The Balaban J connectivity index is 1.49. The van der Waals surface area contributed by atoms with Crippen LogP contribution in [0.2, 0.25) is 0 Å². The first-order chi connectivity index (χ1) is 15.1. The molecular weight excluding hydrogens is 399 g/mol. The summed E-state index contributed by atoms with van der Waals surface area (Å²) in [5.41, 5.74) is 8.67. The van der Waals surface area contributed by atoms with Crippen molar-refractivity contribution >= 4 is 23.1 Å². The third-order valence-electron chi connectivity index (χ3n) is 5.23. The average molecular weight is 418 g/mol. The Morgan fingerprint density at radius 2 is 2.06 bits per heavy atom. The fourth-order valence-electron chi connectivity index (χ4n) is 3.76. The van der Waals surface area contributed by atoms with E-state index in [1.54, 1.807) is 48.8 Å². The van der Waals surface area contributed by atoms with Crippen LogP contribution in [-0.2, 0) is 0 Å². The Kier molecular flexibility index (Phi) is 4.75. The van der Waals surface area contributed by atoms with Crippen molar-refractivity contribution in [1.29, 1.82) is 0 Å². The maximum atomic E-state index is 13.8. The highest BCUT2D eigenvalue weighted by atomic mass is 19.1. The van der Waals surface area contributed by atoms with E-state index in [4.69, 9.17) is 10.7 Å². The van der Waals surface area contributed by atoms with Gasteiger partial charge in [0.05, 0.1) is 6.04 Å². The first kappa shape index (κ1) is 19.1. The molecule has 9 nitrogen and oxygen atoms in total. The molecule has 0 unspecified atom stereocenters. The molecule has 5 rings (SSSR count). The van der Waals surface area contributed by atoms with E-state index >= 15 is 0 Å². The minimum absolute atomic E-state index is 0.213. The molecule has 4 N–H and O–H groups in total. The van der Waals surface area contributed by atoms with Gasteiger partial charge in [0.1, 0.15) is 29.0 Å². The lowest BCUT2D eigenvalue weighted by molar-refractivity contribution is 0.102. The summed E-state index contributed by atoms with van der Waals surface area (Å²) in [6, 6.07) is 10.1. The molecule has 10 heteroatoms. The number of hydrogen-bond donors (Lipinski definition) is 3. The number of nitrogens with zero attached hydrogens (tertiary/aromatic N) is 5. The van der Waals surface area contributed by atoms with Crippen LogP contribution in [0.3, 0.4) is 0 Å². The Morgan fingerprint density at radius 1 is 1.23 bits per heavy atom. The van der Waals surface area contributed by atoms with Crippen molar-refractivity contribution < 1.29 is 9.18 Å². The first-order valence-electron chi connectivity index (χ1n) is 9.79. The van der Waals surface area contributed by atoms with Gasteiger partial charge in [0, 0.05) is 42.7 Å². The second-order valence-corrected chi connectivity index (χ2v) is 7.28. The van der Waals surface area contributed by atoms with E-state index in [-0.39, 0.29) is 11.9 Å². The van der Waals surface area contributed by atoms with Crippen molar-refractivity contribution in [3.63, 3.8) is 0 Å². The number of anilines is 2. The third-order valence-corrected chi connectivity index (χ3v) is 5.23. The average Bonchev–Trinajstić information content (AvgIpc) is 3.39. The van der Waals surface area contributed by atoms with Gasteiger partial charge in [-0.15, -0.1) is 5.10 Å². The highest BCUT2D eigenvalue weighted by molar-refractivity contribution is 6.04. The number of carbonyl (C=O) groups excluding carboxylic acids is 1. The number of nitrogen functional groups attached to an aromatic ring is 1. The van der Waals surface area contributed by atoms with Gasteiger partial charge in [0.15, 0.2) is 5.82 Å². The summed E-state index contributed by atoms with van der Waals surface area (Å²) in [4.78, 5) is 21.4. The summed E-state index contributed by atoms with van der Waals surface area (Å²) in [6.45, 7) is 0.297. The molecule has 1 aromatic carbocycles. The highest BCUT2D eigenvalue weighted by Crippen LogP contribution is 2.33. The summed E-state index contributed by atoms with van der Waals surface area (Å²) in [5, 5.41) is 13.4. The molecule has 1 aliphatic rings. The van der Waals surface area contributed by atoms with Gasteiger partial charge in [0.25, 0.3) is 5.91 Å². The van der Waals surface area contributed by atoms with Gasteiger partial charge >= 0.3 is 0 Å². The number of rotatable bonds is 4. The molecule has 1 aliphatic heterocycles. The van der Waals surface area contributed by atoms with Crippen molar-refractivity contribution in [1.82, 2.24) is 29.9 Å². The number of hydrogen-bond acceptors (Lipinski definition) is 7. The zero-order valence-corrected chi connectivity index (χ0v) is 16.4. The molecule has 156 valence electrons. The Bertz CT molecular complexity index is 1240. The van der Waals surface area contributed by atoms with Gasteiger partial charge in [-0.2, -0.15) is 5.10 Å². The van der Waals surface area contributed by atoms with Crippen LogP contribution >= 0.6 is 0 Å². The van der Waals surface area contributed by atoms with Crippen molar-refractivity contribution in [3.05, 3.63) is 66.4 Å². The minimum Gasteiger partial charge on any atom is -0.382 e. The number of nitrogens with one attached hydrogen (secondary N) is 2. The smallest absolute Gasteiger partial charge is 0.256 e. The predicted octanol–water partition coefficient (Wildman–Crippen LogP) is 2.39. The molecule has 4 aromatic rings. The zero-order chi connectivity index (χ0) is 21.4.